The van der Waals surface area contributed by atoms with Crippen molar-refractivity contribution < 1.29 is 4.21 Å². The molecule has 0 bridgehead atoms. The first-order valence-corrected chi connectivity index (χ1v) is 8.68. The molecule has 1 N–H and O–H groups in total. The molecule has 22 heavy (non-hydrogen) atoms. The van der Waals surface area contributed by atoms with Gasteiger partial charge in [0.05, 0.1) is 28.5 Å². The topological polar surface area (TPSA) is 46.9 Å². The van der Waals surface area contributed by atoms with E-state index < -0.39 is 11.0 Å². The highest BCUT2D eigenvalue weighted by molar-refractivity contribution is 7.84. The monoisotopic (exact) mass is 319 g/mol. The van der Waals surface area contributed by atoms with Gasteiger partial charge in [0, 0.05) is 17.3 Å². The maximum Gasteiger partial charge on any atom is 0.0975 e. The molecule has 1 aromatic heterocycles. The zero-order valence-electron chi connectivity index (χ0n) is 14.0. The number of benzene rings is 1. The Morgan fingerprint density at radius 3 is 2.50 bits per heavy atom. The van der Waals surface area contributed by atoms with E-state index in [1.54, 1.807) is 0 Å². The number of hydrogen-bond donors (Lipinski definition) is 1. The lowest BCUT2D eigenvalue weighted by Crippen LogP contribution is -2.34. The van der Waals surface area contributed by atoms with E-state index in [-0.39, 0.29) is 10.8 Å². The van der Waals surface area contributed by atoms with Crippen LogP contribution in [0, 0.1) is 6.92 Å². The van der Waals surface area contributed by atoms with Gasteiger partial charge in [-0.2, -0.15) is 5.10 Å². The molecular formula is C17H25N3OS. The molecule has 0 fully saturated rings. The molecule has 5 heteroatoms. The quantitative estimate of drug-likeness (QED) is 0.918. The number of aromatic nitrogens is 2. The molecule has 0 aliphatic heterocycles. The van der Waals surface area contributed by atoms with E-state index in [1.165, 1.54) is 5.56 Å². The van der Waals surface area contributed by atoms with Crippen molar-refractivity contribution in [2.45, 2.75) is 52.0 Å². The highest BCUT2D eigenvalue weighted by Crippen LogP contribution is 2.20. The summed E-state index contributed by atoms with van der Waals surface area (Å²) in [6, 6.07) is 10.3. The van der Waals surface area contributed by atoms with Gasteiger partial charge in [-0.15, -0.1) is 0 Å². The van der Waals surface area contributed by atoms with Crippen LogP contribution in [0.4, 0.5) is 0 Å². The van der Waals surface area contributed by atoms with Crippen molar-refractivity contribution in [2.75, 3.05) is 0 Å². The third-order valence-corrected chi connectivity index (χ3v) is 5.30. The van der Waals surface area contributed by atoms with Crippen LogP contribution in [0.25, 0.3) is 0 Å². The first-order valence-electron chi connectivity index (χ1n) is 7.53. The van der Waals surface area contributed by atoms with Crippen molar-refractivity contribution in [2.24, 2.45) is 0 Å². The van der Waals surface area contributed by atoms with Crippen molar-refractivity contribution in [1.29, 1.82) is 0 Å². The van der Waals surface area contributed by atoms with E-state index in [0.29, 0.717) is 0 Å². The number of rotatable bonds is 5. The lowest BCUT2D eigenvalue weighted by Gasteiger charge is -2.22. The summed E-state index contributed by atoms with van der Waals surface area (Å²) in [4.78, 5) is 0. The first kappa shape index (κ1) is 16.9. The van der Waals surface area contributed by atoms with Crippen LogP contribution >= 0.6 is 0 Å². The Labute approximate surface area is 135 Å². The Bertz CT molecular complexity index is 644. The maximum atomic E-state index is 12.2. The summed E-state index contributed by atoms with van der Waals surface area (Å²) >= 11 is 0. The van der Waals surface area contributed by atoms with Gasteiger partial charge < -0.3 is 0 Å². The van der Waals surface area contributed by atoms with Crippen LogP contribution in [0.15, 0.2) is 36.5 Å². The van der Waals surface area contributed by atoms with Gasteiger partial charge >= 0.3 is 0 Å². The fourth-order valence-corrected chi connectivity index (χ4v) is 3.00. The molecule has 2 rings (SSSR count). The van der Waals surface area contributed by atoms with E-state index in [2.05, 4.69) is 28.9 Å². The Balaban J connectivity index is 2.12. The summed E-state index contributed by atoms with van der Waals surface area (Å²) in [5, 5.41) is 4.48. The molecule has 1 unspecified atom stereocenters. The lowest BCUT2D eigenvalue weighted by atomic mass is 10.1. The van der Waals surface area contributed by atoms with Crippen LogP contribution in [0.2, 0.25) is 0 Å². The maximum absolute atomic E-state index is 12.2. The molecule has 0 amide bonds. The van der Waals surface area contributed by atoms with Crippen molar-refractivity contribution in [3.63, 3.8) is 0 Å². The van der Waals surface area contributed by atoms with Crippen LogP contribution in [0.1, 0.15) is 50.6 Å². The predicted molar refractivity (Wildman–Crippen MR) is 92.0 cm³/mol. The Morgan fingerprint density at radius 1 is 1.27 bits per heavy atom. The van der Waals surface area contributed by atoms with Gasteiger partial charge in [-0.05, 0) is 40.2 Å². The summed E-state index contributed by atoms with van der Waals surface area (Å²) in [7, 11) is -1.09. The lowest BCUT2D eigenvalue weighted by molar-refractivity contribution is 0.613. The molecule has 2 atom stereocenters. The van der Waals surface area contributed by atoms with Crippen molar-refractivity contribution in [3.8, 4) is 0 Å². The van der Waals surface area contributed by atoms with Crippen molar-refractivity contribution in [1.82, 2.24) is 14.5 Å². The molecule has 4 nitrogen and oxygen atoms in total. The Kier molecular flexibility index (Phi) is 5.19. The van der Waals surface area contributed by atoms with Gasteiger partial charge in [0.15, 0.2) is 0 Å². The van der Waals surface area contributed by atoms with E-state index in [0.717, 1.165) is 17.8 Å². The van der Waals surface area contributed by atoms with Crippen molar-refractivity contribution in [3.05, 3.63) is 53.3 Å². The smallest absolute Gasteiger partial charge is 0.0975 e. The molecule has 120 valence electrons. The van der Waals surface area contributed by atoms with Crippen LogP contribution in [0.3, 0.4) is 0 Å². The summed E-state index contributed by atoms with van der Waals surface area (Å²) in [6.45, 7) is 10.7. The number of nitrogens with zero attached hydrogens (tertiary/aromatic N) is 2. The van der Waals surface area contributed by atoms with Gasteiger partial charge in [0.1, 0.15) is 0 Å². The fraction of sp³-hybridized carbons (Fsp3) is 0.471. The van der Waals surface area contributed by atoms with E-state index >= 15 is 0 Å². The minimum Gasteiger partial charge on any atom is -0.265 e. The molecule has 0 radical (unpaired) electrons. The Hall–Kier alpha value is -1.46. The average molecular weight is 319 g/mol. The minimum absolute atomic E-state index is 0.00424. The molecule has 1 heterocycles. The summed E-state index contributed by atoms with van der Waals surface area (Å²) in [5.41, 5.74) is 3.42. The third-order valence-electron chi connectivity index (χ3n) is 3.62. The largest absolute Gasteiger partial charge is 0.265 e. The van der Waals surface area contributed by atoms with Gasteiger partial charge in [0.25, 0.3) is 0 Å². The highest BCUT2D eigenvalue weighted by atomic mass is 32.2. The first-order chi connectivity index (χ1) is 10.3. The zero-order valence-corrected chi connectivity index (χ0v) is 14.8. The average Bonchev–Trinajstić information content (AvgIpc) is 2.80. The van der Waals surface area contributed by atoms with E-state index in [1.807, 2.05) is 56.8 Å². The van der Waals surface area contributed by atoms with Gasteiger partial charge in [-0.3, -0.25) is 4.68 Å². The predicted octanol–water partition coefficient (Wildman–Crippen LogP) is 3.35. The van der Waals surface area contributed by atoms with Crippen LogP contribution in [-0.2, 0) is 17.5 Å². The molecule has 0 saturated heterocycles. The summed E-state index contributed by atoms with van der Waals surface area (Å²) in [6.07, 6.45) is 1.87. The van der Waals surface area contributed by atoms with Gasteiger partial charge in [0.2, 0.25) is 0 Å². The molecule has 0 saturated carbocycles. The summed E-state index contributed by atoms with van der Waals surface area (Å²) in [5.74, 6) is 0. The second kappa shape index (κ2) is 6.75. The number of hydrogen-bond acceptors (Lipinski definition) is 2. The third kappa shape index (κ3) is 4.05. The zero-order chi connectivity index (χ0) is 16.3. The Morgan fingerprint density at radius 2 is 1.91 bits per heavy atom. The normalized spacial score (nSPS) is 14.8. The van der Waals surface area contributed by atoms with Gasteiger partial charge in [-0.1, -0.05) is 30.3 Å². The van der Waals surface area contributed by atoms with Crippen LogP contribution in [-0.4, -0.2) is 18.7 Å². The van der Waals surface area contributed by atoms with Crippen molar-refractivity contribution >= 4 is 11.0 Å². The molecule has 0 aliphatic rings. The second-order valence-electron chi connectivity index (χ2n) is 6.55. The van der Waals surface area contributed by atoms with E-state index in [9.17, 15) is 4.21 Å². The van der Waals surface area contributed by atoms with Crippen LogP contribution in [0.5, 0.6) is 0 Å². The standard InChI is InChI=1S/C17H25N3OS/c1-13(19-22(21)17(3,4)5)16-11-18-20(14(16)2)12-15-9-7-6-8-10-15/h6-11,13,19H,12H2,1-5H3/t13-,22?/m0/s1. The highest BCUT2D eigenvalue weighted by Gasteiger charge is 2.23. The molecule has 1 aromatic carbocycles. The molecule has 0 aliphatic carbocycles. The molecule has 2 aromatic rings. The summed E-state index contributed by atoms with van der Waals surface area (Å²) < 4.78 is 17.1. The molecular weight excluding hydrogens is 294 g/mol. The number of nitrogens with one attached hydrogen (secondary N) is 1. The van der Waals surface area contributed by atoms with E-state index in [4.69, 9.17) is 0 Å². The minimum atomic E-state index is -1.09. The fourth-order valence-electron chi connectivity index (χ4n) is 2.20. The van der Waals surface area contributed by atoms with Gasteiger partial charge in [-0.25, -0.2) is 8.93 Å². The van der Waals surface area contributed by atoms with Crippen LogP contribution < -0.4 is 4.72 Å². The SMILES string of the molecule is Cc1c([C@H](C)NS(=O)C(C)(C)C)cnn1Cc1ccccc1. The molecule has 0 spiro atoms. The second-order valence-corrected chi connectivity index (χ2v) is 8.55.